The van der Waals surface area contributed by atoms with Crippen molar-refractivity contribution in [2.24, 2.45) is 0 Å². The van der Waals surface area contributed by atoms with Crippen molar-refractivity contribution in [1.29, 1.82) is 0 Å². The highest BCUT2D eigenvalue weighted by Gasteiger charge is 2.64. The summed E-state index contributed by atoms with van der Waals surface area (Å²) in [4.78, 5) is 16.8. The van der Waals surface area contributed by atoms with E-state index in [-0.39, 0.29) is 27.7 Å². The van der Waals surface area contributed by atoms with Gasteiger partial charge in [-0.2, -0.15) is 18.2 Å². The zero-order valence-electron chi connectivity index (χ0n) is 17.3. The second-order valence-electron chi connectivity index (χ2n) is 7.90. The SMILES string of the molecule is O=C(O)c1ccc(C2CC(c3cc(Cl)cc(Cl)c3)(C(F)(F)F)ON2Cc2ccccc2)cc1F. The van der Waals surface area contributed by atoms with E-state index in [1.165, 1.54) is 12.1 Å². The van der Waals surface area contributed by atoms with Gasteiger partial charge in [-0.05, 0) is 47.0 Å². The Morgan fingerprint density at radius 2 is 1.71 bits per heavy atom. The average Bonchev–Trinajstić information content (AvgIpc) is 3.14. The van der Waals surface area contributed by atoms with E-state index in [1.54, 1.807) is 30.3 Å². The Kier molecular flexibility index (Phi) is 6.61. The van der Waals surface area contributed by atoms with Crippen LogP contribution in [0.2, 0.25) is 10.0 Å². The number of benzene rings is 3. The van der Waals surface area contributed by atoms with Crippen LogP contribution < -0.4 is 0 Å². The van der Waals surface area contributed by atoms with Gasteiger partial charge in [0.1, 0.15) is 5.82 Å². The Hall–Kier alpha value is -2.65. The fraction of sp³-hybridized carbons (Fsp3) is 0.208. The number of carboxylic acid groups (broad SMARTS) is 1. The highest BCUT2D eigenvalue weighted by atomic mass is 35.5. The maximum atomic E-state index is 14.6. The minimum absolute atomic E-state index is 0.00430. The summed E-state index contributed by atoms with van der Waals surface area (Å²) in [6, 6.07) is 14.4. The van der Waals surface area contributed by atoms with Crippen molar-refractivity contribution in [3.63, 3.8) is 0 Å². The van der Waals surface area contributed by atoms with E-state index in [9.17, 15) is 22.4 Å². The van der Waals surface area contributed by atoms with Crippen LogP contribution in [0.15, 0.2) is 66.7 Å². The number of hydrogen-bond acceptors (Lipinski definition) is 3. The molecule has 2 atom stereocenters. The molecule has 0 spiro atoms. The Morgan fingerprint density at radius 3 is 2.26 bits per heavy atom. The Bertz CT molecular complexity index is 1200. The summed E-state index contributed by atoms with van der Waals surface area (Å²) in [5.41, 5.74) is -2.89. The molecule has 0 aliphatic carbocycles. The molecule has 0 bridgehead atoms. The number of carbonyl (C=O) groups is 1. The minimum atomic E-state index is -4.88. The third-order valence-electron chi connectivity index (χ3n) is 5.68. The fourth-order valence-electron chi connectivity index (χ4n) is 4.07. The first-order chi connectivity index (χ1) is 16.0. The lowest BCUT2D eigenvalue weighted by Gasteiger charge is -2.32. The van der Waals surface area contributed by atoms with E-state index in [0.717, 1.165) is 29.3 Å². The zero-order valence-corrected chi connectivity index (χ0v) is 18.8. The smallest absolute Gasteiger partial charge is 0.423 e. The largest absolute Gasteiger partial charge is 0.478 e. The first kappa shape index (κ1) is 24.5. The maximum Gasteiger partial charge on any atom is 0.423 e. The molecule has 1 N–H and O–H groups in total. The lowest BCUT2D eigenvalue weighted by atomic mass is 9.85. The Morgan fingerprint density at radius 1 is 1.06 bits per heavy atom. The Labute approximate surface area is 202 Å². The third-order valence-corrected chi connectivity index (χ3v) is 6.11. The quantitative estimate of drug-likeness (QED) is 0.367. The second-order valence-corrected chi connectivity index (χ2v) is 8.77. The molecule has 4 nitrogen and oxygen atoms in total. The fourth-order valence-corrected chi connectivity index (χ4v) is 4.59. The van der Waals surface area contributed by atoms with Crippen LogP contribution in [0.5, 0.6) is 0 Å². The van der Waals surface area contributed by atoms with Gasteiger partial charge in [0.25, 0.3) is 0 Å². The molecule has 0 aromatic heterocycles. The van der Waals surface area contributed by atoms with Crippen molar-refractivity contribution in [3.8, 4) is 0 Å². The molecule has 1 aliphatic rings. The number of hydrogen-bond donors (Lipinski definition) is 1. The van der Waals surface area contributed by atoms with E-state index in [4.69, 9.17) is 33.1 Å². The van der Waals surface area contributed by atoms with Gasteiger partial charge >= 0.3 is 12.1 Å². The summed E-state index contributed by atoms with van der Waals surface area (Å²) in [5, 5.41) is 10.3. The molecule has 10 heteroatoms. The van der Waals surface area contributed by atoms with Crippen LogP contribution in [-0.4, -0.2) is 22.3 Å². The highest BCUT2D eigenvalue weighted by Crippen LogP contribution is 2.55. The predicted octanol–water partition coefficient (Wildman–Crippen LogP) is 7.17. The summed E-state index contributed by atoms with van der Waals surface area (Å²) in [7, 11) is 0. The molecule has 1 fully saturated rings. The number of aromatic carboxylic acids is 1. The zero-order chi connectivity index (χ0) is 24.7. The van der Waals surface area contributed by atoms with Crippen LogP contribution in [0.1, 0.15) is 39.5 Å². The number of alkyl halides is 3. The van der Waals surface area contributed by atoms with E-state index < -0.39 is 41.6 Å². The first-order valence-corrected chi connectivity index (χ1v) is 10.8. The molecule has 1 aliphatic heterocycles. The van der Waals surface area contributed by atoms with Crippen LogP contribution in [0, 0.1) is 5.82 Å². The summed E-state index contributed by atoms with van der Waals surface area (Å²) < 4.78 is 58.3. The van der Waals surface area contributed by atoms with Crippen LogP contribution in [0.3, 0.4) is 0 Å². The van der Waals surface area contributed by atoms with Gasteiger partial charge in [0.2, 0.25) is 5.60 Å². The number of hydroxylamine groups is 2. The van der Waals surface area contributed by atoms with E-state index >= 15 is 0 Å². The molecule has 3 aromatic carbocycles. The lowest BCUT2D eigenvalue weighted by molar-refractivity contribution is -0.330. The predicted molar refractivity (Wildman–Crippen MR) is 118 cm³/mol. The molecule has 0 amide bonds. The second kappa shape index (κ2) is 9.19. The number of carboxylic acids is 1. The highest BCUT2D eigenvalue weighted by molar-refractivity contribution is 6.34. The monoisotopic (exact) mass is 513 g/mol. The summed E-state index contributed by atoms with van der Waals surface area (Å²) >= 11 is 12.0. The minimum Gasteiger partial charge on any atom is -0.478 e. The summed E-state index contributed by atoms with van der Waals surface area (Å²) in [6.45, 7) is -0.0417. The van der Waals surface area contributed by atoms with Crippen molar-refractivity contribution in [2.45, 2.75) is 30.8 Å². The average molecular weight is 514 g/mol. The van der Waals surface area contributed by atoms with Crippen molar-refractivity contribution in [3.05, 3.63) is 105 Å². The Balaban J connectivity index is 1.84. The third kappa shape index (κ3) is 4.63. The molecule has 34 heavy (non-hydrogen) atoms. The number of nitrogens with zero attached hydrogens (tertiary/aromatic N) is 1. The standard InChI is InChI=1S/C24H17Cl2F4NO3/c25-17-9-16(10-18(26)11-17)23(24(28,29)30)12-21(15-6-7-19(22(32)33)20(27)8-15)31(34-23)13-14-4-2-1-3-5-14/h1-11,21H,12-13H2,(H,32,33). The van der Waals surface area contributed by atoms with E-state index in [2.05, 4.69) is 0 Å². The lowest BCUT2D eigenvalue weighted by Crippen LogP contribution is -2.43. The molecule has 0 saturated carbocycles. The first-order valence-electron chi connectivity index (χ1n) is 10.1. The maximum absolute atomic E-state index is 14.6. The number of rotatable bonds is 5. The van der Waals surface area contributed by atoms with E-state index in [0.29, 0.717) is 5.56 Å². The van der Waals surface area contributed by atoms with Gasteiger partial charge in [-0.1, -0.05) is 59.6 Å². The van der Waals surface area contributed by atoms with Crippen LogP contribution in [-0.2, 0) is 17.0 Å². The van der Waals surface area contributed by atoms with Crippen molar-refractivity contribution in [2.75, 3.05) is 0 Å². The van der Waals surface area contributed by atoms with Gasteiger partial charge in [-0.3, -0.25) is 4.84 Å². The van der Waals surface area contributed by atoms with Crippen LogP contribution in [0.25, 0.3) is 0 Å². The molecule has 1 saturated heterocycles. The van der Waals surface area contributed by atoms with Crippen molar-refractivity contribution >= 4 is 29.2 Å². The van der Waals surface area contributed by atoms with Crippen LogP contribution >= 0.6 is 23.2 Å². The van der Waals surface area contributed by atoms with Crippen LogP contribution in [0.4, 0.5) is 17.6 Å². The summed E-state index contributed by atoms with van der Waals surface area (Å²) in [5.74, 6) is -2.54. The van der Waals surface area contributed by atoms with Crippen molar-refractivity contribution in [1.82, 2.24) is 5.06 Å². The topological polar surface area (TPSA) is 49.8 Å². The van der Waals surface area contributed by atoms with Gasteiger partial charge in [0, 0.05) is 23.0 Å². The van der Waals surface area contributed by atoms with Gasteiger partial charge in [-0.25, -0.2) is 9.18 Å². The molecule has 2 unspecified atom stereocenters. The van der Waals surface area contributed by atoms with Crippen molar-refractivity contribution < 1.29 is 32.3 Å². The molecular weight excluding hydrogens is 497 g/mol. The molecular formula is C24H17Cl2F4NO3. The van der Waals surface area contributed by atoms with Gasteiger partial charge in [0.05, 0.1) is 11.6 Å². The molecule has 3 aromatic rings. The van der Waals surface area contributed by atoms with Gasteiger partial charge < -0.3 is 5.11 Å². The normalized spacial score (nSPS) is 21.1. The number of halogens is 6. The summed E-state index contributed by atoms with van der Waals surface area (Å²) in [6.07, 6.45) is -5.52. The van der Waals surface area contributed by atoms with E-state index in [1.807, 2.05) is 0 Å². The molecule has 0 radical (unpaired) electrons. The molecule has 4 rings (SSSR count). The van der Waals surface area contributed by atoms with Gasteiger partial charge in [0.15, 0.2) is 0 Å². The molecule has 178 valence electrons. The molecule has 1 heterocycles. The van der Waals surface area contributed by atoms with Gasteiger partial charge in [-0.15, -0.1) is 0 Å².